The first kappa shape index (κ1) is 15.3. The Hall–Kier alpha value is -2.14. The van der Waals surface area contributed by atoms with Crippen molar-refractivity contribution < 1.29 is 4.74 Å². The molecule has 0 atom stereocenters. The van der Waals surface area contributed by atoms with Crippen LogP contribution in [0.1, 0.15) is 38.4 Å². The van der Waals surface area contributed by atoms with Gasteiger partial charge in [0.25, 0.3) is 0 Å². The van der Waals surface area contributed by atoms with Crippen LogP contribution < -0.4 is 16.0 Å². The second kappa shape index (κ2) is 6.10. The Labute approximate surface area is 125 Å². The molecule has 0 aliphatic carbocycles. The number of nitrogens with two attached hydrogens (primary N) is 1. The summed E-state index contributed by atoms with van der Waals surface area (Å²) in [5.74, 6) is 6.89. The monoisotopic (exact) mass is 286 g/mol. The molecular formula is C16H22N4O. The highest BCUT2D eigenvalue weighted by atomic mass is 16.5. The zero-order chi connectivity index (χ0) is 15.5. The average molecular weight is 286 g/mol. The number of nitrogens with zero attached hydrogens (tertiary/aromatic N) is 2. The largest absolute Gasteiger partial charge is 0.439 e. The quantitative estimate of drug-likeness (QED) is 0.649. The summed E-state index contributed by atoms with van der Waals surface area (Å²) in [6, 6.07) is 9.87. The lowest BCUT2D eigenvalue weighted by Gasteiger charge is -2.23. The molecule has 1 aromatic heterocycles. The van der Waals surface area contributed by atoms with E-state index in [0.717, 1.165) is 17.9 Å². The maximum Gasteiger partial charge on any atom is 0.240 e. The van der Waals surface area contributed by atoms with E-state index >= 15 is 0 Å². The molecule has 0 aliphatic rings. The fourth-order valence-electron chi connectivity index (χ4n) is 1.96. The molecule has 2 aromatic rings. The van der Waals surface area contributed by atoms with Crippen LogP contribution in [0.4, 0.5) is 5.95 Å². The Balaban J connectivity index is 2.19. The van der Waals surface area contributed by atoms with Crippen molar-refractivity contribution in [1.29, 1.82) is 0 Å². The number of ether oxygens (including phenoxy) is 1. The number of rotatable bonds is 5. The van der Waals surface area contributed by atoms with Crippen LogP contribution in [0, 0.1) is 6.92 Å². The van der Waals surface area contributed by atoms with Crippen molar-refractivity contribution >= 4 is 5.95 Å². The van der Waals surface area contributed by atoms with Gasteiger partial charge >= 0.3 is 0 Å². The fourth-order valence-corrected chi connectivity index (χ4v) is 1.96. The van der Waals surface area contributed by atoms with Gasteiger partial charge in [0, 0.05) is 11.8 Å². The second-order valence-electron chi connectivity index (χ2n) is 5.68. The summed E-state index contributed by atoms with van der Waals surface area (Å²) in [5, 5.41) is 0. The molecule has 0 saturated carbocycles. The molecule has 2 rings (SSSR count). The topological polar surface area (TPSA) is 73.1 Å². The zero-order valence-corrected chi connectivity index (χ0v) is 13.0. The van der Waals surface area contributed by atoms with Gasteiger partial charge in [-0.1, -0.05) is 32.9 Å². The highest BCUT2D eigenvalue weighted by Gasteiger charge is 2.17. The van der Waals surface area contributed by atoms with Gasteiger partial charge in [0.05, 0.1) is 0 Å². The first-order valence-electron chi connectivity index (χ1n) is 7.05. The lowest BCUT2D eigenvalue weighted by molar-refractivity contribution is 0.459. The summed E-state index contributed by atoms with van der Waals surface area (Å²) in [4.78, 5) is 8.29. The van der Waals surface area contributed by atoms with Crippen molar-refractivity contribution in [1.82, 2.24) is 9.97 Å². The molecule has 112 valence electrons. The van der Waals surface area contributed by atoms with Gasteiger partial charge in [-0.15, -0.1) is 0 Å². The number of hydrazine groups is 1. The number of nitrogens with one attached hydrogen (secondary N) is 1. The van der Waals surface area contributed by atoms with Gasteiger partial charge in [-0.25, -0.2) is 10.8 Å². The molecule has 0 amide bonds. The molecule has 0 unspecified atom stereocenters. The fraction of sp³-hybridized carbons (Fsp3) is 0.375. The molecule has 0 spiro atoms. The normalized spacial score (nSPS) is 11.3. The Morgan fingerprint density at radius 2 is 1.86 bits per heavy atom. The van der Waals surface area contributed by atoms with Gasteiger partial charge in [0.15, 0.2) is 0 Å². The molecule has 1 aromatic carbocycles. The molecule has 5 nitrogen and oxygen atoms in total. The summed E-state index contributed by atoms with van der Waals surface area (Å²) in [6.07, 6.45) is 1.09. The molecule has 0 radical (unpaired) electrons. The van der Waals surface area contributed by atoms with E-state index in [1.165, 1.54) is 5.56 Å². The van der Waals surface area contributed by atoms with Crippen LogP contribution in [-0.4, -0.2) is 9.97 Å². The number of anilines is 1. The molecular weight excluding hydrogens is 264 g/mol. The first-order chi connectivity index (χ1) is 9.94. The molecule has 5 heteroatoms. The van der Waals surface area contributed by atoms with Crippen LogP contribution in [0.15, 0.2) is 30.3 Å². The summed E-state index contributed by atoms with van der Waals surface area (Å²) >= 11 is 0. The van der Waals surface area contributed by atoms with Crippen molar-refractivity contribution in [3.8, 4) is 11.6 Å². The van der Waals surface area contributed by atoms with E-state index in [9.17, 15) is 0 Å². The van der Waals surface area contributed by atoms with Gasteiger partial charge in [-0.3, -0.25) is 5.43 Å². The smallest absolute Gasteiger partial charge is 0.240 e. The number of nitrogen functional groups attached to an aromatic ring is 1. The Morgan fingerprint density at radius 3 is 2.43 bits per heavy atom. The van der Waals surface area contributed by atoms with Gasteiger partial charge in [-0.2, -0.15) is 4.98 Å². The minimum atomic E-state index is 0.167. The van der Waals surface area contributed by atoms with Crippen molar-refractivity contribution in [2.45, 2.75) is 39.5 Å². The SMILES string of the molecule is CCC(C)(C)c1ccc(Oc2cc(C)nc(NN)n2)cc1. The number of aryl methyl sites for hydroxylation is 1. The highest BCUT2D eigenvalue weighted by molar-refractivity contribution is 5.35. The summed E-state index contributed by atoms with van der Waals surface area (Å²) in [7, 11) is 0. The molecule has 0 bridgehead atoms. The Morgan fingerprint density at radius 1 is 1.19 bits per heavy atom. The van der Waals surface area contributed by atoms with E-state index < -0.39 is 0 Å². The summed E-state index contributed by atoms with van der Waals surface area (Å²) < 4.78 is 5.76. The van der Waals surface area contributed by atoms with Crippen molar-refractivity contribution in [2.75, 3.05) is 5.43 Å². The van der Waals surface area contributed by atoms with Crippen molar-refractivity contribution in [3.05, 3.63) is 41.6 Å². The molecule has 0 fully saturated rings. The number of hydrogen-bond donors (Lipinski definition) is 2. The van der Waals surface area contributed by atoms with Crippen LogP contribution in [0.2, 0.25) is 0 Å². The standard InChI is InChI=1S/C16H22N4O/c1-5-16(3,4)12-6-8-13(9-7-12)21-14-10-11(2)18-15(19-14)20-17/h6-10H,5,17H2,1-4H3,(H,18,19,20). The predicted octanol–water partition coefficient (Wildman–Crippen LogP) is 3.55. The summed E-state index contributed by atoms with van der Waals surface area (Å²) in [5.41, 5.74) is 4.68. The zero-order valence-electron chi connectivity index (χ0n) is 13.0. The van der Waals surface area contributed by atoms with E-state index in [-0.39, 0.29) is 5.41 Å². The van der Waals surface area contributed by atoms with Crippen LogP contribution in [0.5, 0.6) is 11.6 Å². The lowest BCUT2D eigenvalue weighted by atomic mass is 9.82. The van der Waals surface area contributed by atoms with Crippen molar-refractivity contribution in [3.63, 3.8) is 0 Å². The number of aromatic nitrogens is 2. The van der Waals surface area contributed by atoms with Crippen LogP contribution in [-0.2, 0) is 5.41 Å². The van der Waals surface area contributed by atoms with E-state index in [4.69, 9.17) is 10.6 Å². The predicted molar refractivity (Wildman–Crippen MR) is 84.4 cm³/mol. The van der Waals surface area contributed by atoms with Gasteiger partial charge < -0.3 is 4.74 Å². The molecule has 21 heavy (non-hydrogen) atoms. The van der Waals surface area contributed by atoms with Gasteiger partial charge in [0.1, 0.15) is 5.75 Å². The van der Waals surface area contributed by atoms with Crippen LogP contribution in [0.25, 0.3) is 0 Å². The minimum absolute atomic E-state index is 0.167. The third kappa shape index (κ3) is 3.70. The van der Waals surface area contributed by atoms with E-state index in [2.05, 4.69) is 48.3 Å². The van der Waals surface area contributed by atoms with Crippen LogP contribution >= 0.6 is 0 Å². The number of benzene rings is 1. The molecule has 1 heterocycles. The second-order valence-corrected chi connectivity index (χ2v) is 5.68. The van der Waals surface area contributed by atoms with Crippen molar-refractivity contribution in [2.24, 2.45) is 5.84 Å². The highest BCUT2D eigenvalue weighted by Crippen LogP contribution is 2.29. The van der Waals surface area contributed by atoms with Gasteiger partial charge in [0.2, 0.25) is 11.8 Å². The molecule has 0 saturated heterocycles. The Kier molecular flexibility index (Phi) is 4.43. The molecule has 0 aliphatic heterocycles. The van der Waals surface area contributed by atoms with E-state index in [1.807, 2.05) is 19.1 Å². The van der Waals surface area contributed by atoms with Gasteiger partial charge in [-0.05, 0) is 36.5 Å². The maximum atomic E-state index is 5.76. The maximum absolute atomic E-state index is 5.76. The molecule has 3 N–H and O–H groups in total. The average Bonchev–Trinajstić information content (AvgIpc) is 2.47. The van der Waals surface area contributed by atoms with E-state index in [0.29, 0.717) is 11.8 Å². The summed E-state index contributed by atoms with van der Waals surface area (Å²) in [6.45, 7) is 8.52. The minimum Gasteiger partial charge on any atom is -0.439 e. The Bertz CT molecular complexity index is 608. The third-order valence-electron chi connectivity index (χ3n) is 3.70. The number of hydrogen-bond acceptors (Lipinski definition) is 5. The first-order valence-corrected chi connectivity index (χ1v) is 7.05. The third-order valence-corrected chi connectivity index (χ3v) is 3.70. The lowest BCUT2D eigenvalue weighted by Crippen LogP contribution is -2.15. The van der Waals surface area contributed by atoms with E-state index in [1.54, 1.807) is 6.07 Å². The van der Waals surface area contributed by atoms with Crippen LogP contribution in [0.3, 0.4) is 0 Å².